The third-order valence-corrected chi connectivity index (χ3v) is 8.86. The molecule has 0 fully saturated rings. The summed E-state index contributed by atoms with van der Waals surface area (Å²) in [6.45, 7) is 0.236. The molecule has 270 valence electrons. The number of para-hydroxylation sites is 1. The van der Waals surface area contributed by atoms with Gasteiger partial charge in [-0.05, 0) is 52.8 Å². The molecule has 1 aromatic heterocycles. The molecule has 4 amide bonds. The van der Waals surface area contributed by atoms with Crippen LogP contribution in [0.15, 0.2) is 108 Å². The molecule has 52 heavy (non-hydrogen) atoms. The van der Waals surface area contributed by atoms with E-state index >= 15 is 0 Å². The Labute approximate surface area is 301 Å². The van der Waals surface area contributed by atoms with Crippen LogP contribution in [-0.4, -0.2) is 65.3 Å². The summed E-state index contributed by atoms with van der Waals surface area (Å²) in [4.78, 5) is 61.2. The lowest BCUT2D eigenvalue weighted by atomic mass is 9.99. The lowest BCUT2D eigenvalue weighted by molar-refractivity contribution is -0.133. The van der Waals surface area contributed by atoms with Gasteiger partial charge in [-0.15, -0.1) is 0 Å². The van der Waals surface area contributed by atoms with E-state index in [1.165, 1.54) is 0 Å². The normalized spacial score (nSPS) is 13.4. The van der Waals surface area contributed by atoms with E-state index in [4.69, 9.17) is 22.9 Å². The van der Waals surface area contributed by atoms with Gasteiger partial charge >= 0.3 is 0 Å². The zero-order chi connectivity index (χ0) is 37.0. The van der Waals surface area contributed by atoms with E-state index in [0.29, 0.717) is 6.42 Å². The number of amides is 4. The molecular weight excluding hydrogens is 658 g/mol. The first-order chi connectivity index (χ1) is 25.1. The number of nitrogens with one attached hydrogen (secondary N) is 4. The molecule has 0 saturated heterocycles. The molecule has 0 spiro atoms. The summed E-state index contributed by atoms with van der Waals surface area (Å²) < 4.78 is 0. The average Bonchev–Trinajstić information content (AvgIpc) is 3.54. The van der Waals surface area contributed by atoms with Crippen LogP contribution >= 0.6 is 0 Å². The number of nitrogens with two attached hydrogens (primary N) is 4. The van der Waals surface area contributed by atoms with Crippen molar-refractivity contribution in [3.05, 3.63) is 120 Å². The van der Waals surface area contributed by atoms with Crippen LogP contribution < -0.4 is 38.9 Å². The second kappa shape index (κ2) is 17.6. The van der Waals surface area contributed by atoms with E-state index < -0.39 is 47.8 Å². The second-order valence-corrected chi connectivity index (χ2v) is 12.8. The van der Waals surface area contributed by atoms with Gasteiger partial charge in [-0.3, -0.25) is 24.2 Å². The molecular formula is C39H45N9O4. The fourth-order valence-corrected chi connectivity index (χ4v) is 6.11. The Hall–Kier alpha value is -6.21. The van der Waals surface area contributed by atoms with Crippen LogP contribution in [0.25, 0.3) is 21.7 Å². The minimum absolute atomic E-state index is 0.0746. The molecule has 4 atom stereocenters. The van der Waals surface area contributed by atoms with E-state index in [0.717, 1.165) is 38.4 Å². The number of primary amides is 1. The summed E-state index contributed by atoms with van der Waals surface area (Å²) in [7, 11) is 0. The van der Waals surface area contributed by atoms with E-state index in [1.54, 1.807) is 6.20 Å². The maximum Gasteiger partial charge on any atom is 0.243 e. The van der Waals surface area contributed by atoms with Gasteiger partial charge in [-0.1, -0.05) is 91.0 Å². The average molecular weight is 704 g/mol. The standard InChI is InChI=1S/C39H45N9O4/c40-30(20-24-9-2-1-3-10-24)36(50)47-33(21-25-16-17-26-11-4-5-12-27(26)19-25)37(51)48-34(22-28-23-45-31-14-7-6-13-29(28)31)38(52)46-32(35(41)49)15-8-18-44-39(42)43/h1-7,9-14,16-17,19,23,30,32-34,45H,8,15,18,20-22,40H2,(H2,41,49)(H,46,52)(H,47,50)(H,48,51)(H4,42,43,44)/t30-,32-,33-,34+/m0/s1. The van der Waals surface area contributed by atoms with Crippen LogP contribution in [0.2, 0.25) is 0 Å². The number of benzene rings is 4. The van der Waals surface area contributed by atoms with Gasteiger partial charge in [0.25, 0.3) is 0 Å². The lowest BCUT2D eigenvalue weighted by Crippen LogP contribution is -2.58. The van der Waals surface area contributed by atoms with Crippen LogP contribution in [0.5, 0.6) is 0 Å². The van der Waals surface area contributed by atoms with E-state index in [-0.39, 0.29) is 38.2 Å². The molecule has 0 aliphatic heterocycles. The number of aromatic nitrogens is 1. The SMILES string of the molecule is NC(=O)[C@H](CCCN=C(N)N)NC(=O)[C@@H](Cc1c[nH]c2ccccc12)NC(=O)[C@H](Cc1ccc2ccccc2c1)NC(=O)[C@@H](N)Cc1ccccc1. The summed E-state index contributed by atoms with van der Waals surface area (Å²) in [5.41, 5.74) is 26.1. The molecule has 0 aliphatic rings. The van der Waals surface area contributed by atoms with Crippen molar-refractivity contribution in [3.63, 3.8) is 0 Å². The number of carbonyl (C=O) groups excluding carboxylic acids is 4. The Morgan fingerprint density at radius 3 is 2.02 bits per heavy atom. The van der Waals surface area contributed by atoms with Crippen molar-refractivity contribution in [1.29, 1.82) is 0 Å². The van der Waals surface area contributed by atoms with Crippen LogP contribution in [-0.2, 0) is 38.4 Å². The van der Waals surface area contributed by atoms with Crippen molar-refractivity contribution in [2.75, 3.05) is 6.54 Å². The number of fused-ring (bicyclic) bond motifs is 2. The Morgan fingerprint density at radius 2 is 1.29 bits per heavy atom. The molecule has 0 radical (unpaired) electrons. The first kappa shape index (κ1) is 37.1. The first-order valence-electron chi connectivity index (χ1n) is 17.2. The molecule has 13 nitrogen and oxygen atoms in total. The van der Waals surface area contributed by atoms with Gasteiger partial charge < -0.3 is 43.9 Å². The monoisotopic (exact) mass is 703 g/mol. The number of guanidine groups is 1. The first-order valence-corrected chi connectivity index (χ1v) is 17.2. The highest BCUT2D eigenvalue weighted by atomic mass is 16.2. The van der Waals surface area contributed by atoms with Crippen molar-refractivity contribution < 1.29 is 19.2 Å². The quantitative estimate of drug-likeness (QED) is 0.0405. The summed E-state index contributed by atoms with van der Waals surface area (Å²) >= 11 is 0. The number of aromatic amines is 1. The number of aliphatic imine (C=N–C) groups is 1. The van der Waals surface area contributed by atoms with Crippen molar-refractivity contribution in [3.8, 4) is 0 Å². The summed E-state index contributed by atoms with van der Waals surface area (Å²) in [6.07, 6.45) is 2.77. The van der Waals surface area contributed by atoms with Gasteiger partial charge in [0.05, 0.1) is 6.04 Å². The predicted octanol–water partition coefficient (Wildman–Crippen LogP) is 1.67. The Bertz CT molecular complexity index is 2040. The predicted molar refractivity (Wildman–Crippen MR) is 203 cm³/mol. The van der Waals surface area contributed by atoms with Crippen molar-refractivity contribution in [1.82, 2.24) is 20.9 Å². The largest absolute Gasteiger partial charge is 0.370 e. The molecule has 0 aliphatic carbocycles. The van der Waals surface area contributed by atoms with Gasteiger partial charge in [0.1, 0.15) is 18.1 Å². The smallest absolute Gasteiger partial charge is 0.243 e. The molecule has 0 bridgehead atoms. The molecule has 5 rings (SSSR count). The van der Waals surface area contributed by atoms with Crippen molar-refractivity contribution >= 4 is 51.3 Å². The van der Waals surface area contributed by atoms with E-state index in [1.807, 2.05) is 97.1 Å². The molecule has 12 N–H and O–H groups in total. The number of H-pyrrole nitrogens is 1. The molecule has 5 aromatic rings. The fraction of sp³-hybridized carbons (Fsp3) is 0.256. The summed E-state index contributed by atoms with van der Waals surface area (Å²) in [5.74, 6) is -2.58. The molecule has 4 aromatic carbocycles. The number of carbonyl (C=O) groups is 4. The van der Waals surface area contributed by atoms with Crippen molar-refractivity contribution in [2.24, 2.45) is 27.9 Å². The number of hydrogen-bond donors (Lipinski definition) is 8. The van der Waals surface area contributed by atoms with Gasteiger partial charge in [-0.25, -0.2) is 0 Å². The highest BCUT2D eigenvalue weighted by Crippen LogP contribution is 2.20. The van der Waals surface area contributed by atoms with Crippen LogP contribution in [0.3, 0.4) is 0 Å². The lowest BCUT2D eigenvalue weighted by Gasteiger charge is -2.26. The number of hydrogen-bond acceptors (Lipinski definition) is 6. The van der Waals surface area contributed by atoms with Crippen LogP contribution in [0.4, 0.5) is 0 Å². The summed E-state index contributed by atoms with van der Waals surface area (Å²) in [6, 6.07) is 26.3. The van der Waals surface area contributed by atoms with Gasteiger partial charge in [0.2, 0.25) is 23.6 Å². The van der Waals surface area contributed by atoms with Gasteiger partial charge in [0, 0.05) is 36.5 Å². The fourth-order valence-electron chi connectivity index (χ4n) is 6.11. The van der Waals surface area contributed by atoms with Gasteiger partial charge in [-0.2, -0.15) is 0 Å². The highest BCUT2D eigenvalue weighted by Gasteiger charge is 2.31. The highest BCUT2D eigenvalue weighted by molar-refractivity contribution is 5.95. The number of rotatable bonds is 17. The third kappa shape index (κ3) is 10.2. The number of nitrogens with zero attached hydrogens (tertiary/aromatic N) is 1. The van der Waals surface area contributed by atoms with Crippen LogP contribution in [0, 0.1) is 0 Å². The van der Waals surface area contributed by atoms with Gasteiger partial charge in [0.15, 0.2) is 5.96 Å². The summed E-state index contributed by atoms with van der Waals surface area (Å²) in [5, 5.41) is 11.3. The molecule has 13 heteroatoms. The maximum absolute atomic E-state index is 14.2. The minimum atomic E-state index is -1.15. The Morgan fingerprint density at radius 1 is 0.654 bits per heavy atom. The third-order valence-electron chi connectivity index (χ3n) is 8.86. The molecule has 1 heterocycles. The topological polar surface area (TPSA) is 237 Å². The van der Waals surface area contributed by atoms with E-state index in [9.17, 15) is 19.2 Å². The Kier molecular flexibility index (Phi) is 12.6. The minimum Gasteiger partial charge on any atom is -0.370 e. The maximum atomic E-state index is 14.2. The molecule has 0 unspecified atom stereocenters. The zero-order valence-corrected chi connectivity index (χ0v) is 28.8. The zero-order valence-electron chi connectivity index (χ0n) is 28.8. The van der Waals surface area contributed by atoms with Crippen LogP contribution in [0.1, 0.15) is 29.5 Å². The van der Waals surface area contributed by atoms with Crippen molar-refractivity contribution in [2.45, 2.75) is 56.3 Å². The Balaban J connectivity index is 1.41. The van der Waals surface area contributed by atoms with E-state index in [2.05, 4.69) is 25.9 Å². The second-order valence-electron chi connectivity index (χ2n) is 12.8. The molecule has 0 saturated carbocycles.